The predicted molar refractivity (Wildman–Crippen MR) is 91.6 cm³/mol. The fraction of sp³-hybridized carbons (Fsp3) is 0.647. The van der Waals surface area contributed by atoms with Crippen LogP contribution < -0.4 is 10.2 Å². The molecule has 24 heavy (non-hydrogen) atoms. The van der Waals surface area contributed by atoms with Crippen LogP contribution in [0, 0.1) is 11.8 Å². The van der Waals surface area contributed by atoms with Gasteiger partial charge in [0.1, 0.15) is 11.8 Å². The maximum Gasteiger partial charge on any atom is 0.239 e. The molecule has 2 fully saturated rings. The molecule has 2 saturated carbocycles. The van der Waals surface area contributed by atoms with Crippen LogP contribution in [0.25, 0.3) is 11.2 Å². The fourth-order valence-electron chi connectivity index (χ4n) is 3.96. The summed E-state index contributed by atoms with van der Waals surface area (Å²) in [7, 11) is 1.87. The highest BCUT2D eigenvalue weighted by molar-refractivity contribution is 5.87. The second-order valence-electron chi connectivity index (χ2n) is 7.18. The molecule has 2 aromatic heterocycles. The first-order chi connectivity index (χ1) is 11.7. The minimum absolute atomic E-state index is 0.0604. The summed E-state index contributed by atoms with van der Waals surface area (Å²) in [6, 6.07) is 0.336. The molecule has 2 atom stereocenters. The van der Waals surface area contributed by atoms with E-state index in [1.807, 2.05) is 11.9 Å². The zero-order valence-corrected chi connectivity index (χ0v) is 14.0. The zero-order chi connectivity index (χ0) is 16.5. The molecule has 0 bridgehead atoms. The van der Waals surface area contributed by atoms with Crippen molar-refractivity contribution in [2.75, 3.05) is 18.5 Å². The van der Waals surface area contributed by atoms with E-state index in [2.05, 4.69) is 25.3 Å². The van der Waals surface area contributed by atoms with Crippen molar-refractivity contribution in [1.82, 2.24) is 25.3 Å². The Balaban J connectivity index is 1.36. The zero-order valence-electron chi connectivity index (χ0n) is 14.0. The Bertz CT molecular complexity index is 725. The molecule has 2 aliphatic carbocycles. The molecule has 0 radical (unpaired) electrons. The summed E-state index contributed by atoms with van der Waals surface area (Å²) in [6.07, 6.45) is 10.7. The quantitative estimate of drug-likeness (QED) is 0.875. The van der Waals surface area contributed by atoms with E-state index in [1.165, 1.54) is 32.0 Å². The number of anilines is 1. The predicted octanol–water partition coefficient (Wildman–Crippen LogP) is 1.87. The van der Waals surface area contributed by atoms with E-state index in [0.29, 0.717) is 17.5 Å². The van der Waals surface area contributed by atoms with E-state index in [9.17, 15) is 4.79 Å². The number of hydrogen-bond donors (Lipinski definition) is 2. The third-order valence-electron chi connectivity index (χ3n) is 5.31. The van der Waals surface area contributed by atoms with Crippen LogP contribution in [0.5, 0.6) is 0 Å². The number of nitrogens with zero attached hydrogens (tertiary/aromatic N) is 4. The number of amides is 1. The second-order valence-corrected chi connectivity index (χ2v) is 7.18. The first kappa shape index (κ1) is 15.4. The molecule has 1 amide bonds. The lowest BCUT2D eigenvalue weighted by molar-refractivity contribution is -0.120. The van der Waals surface area contributed by atoms with Crippen LogP contribution in [0.4, 0.5) is 5.82 Å². The average molecular weight is 328 g/mol. The van der Waals surface area contributed by atoms with Crippen LogP contribution in [0.2, 0.25) is 0 Å². The van der Waals surface area contributed by atoms with Crippen molar-refractivity contribution in [3.05, 3.63) is 12.7 Å². The molecule has 2 aromatic rings. The minimum Gasteiger partial charge on any atom is -0.352 e. The Morgan fingerprint density at radius 2 is 2.12 bits per heavy atom. The molecule has 0 spiro atoms. The van der Waals surface area contributed by atoms with Gasteiger partial charge in [-0.05, 0) is 37.5 Å². The number of aromatic amines is 1. The van der Waals surface area contributed by atoms with Crippen molar-refractivity contribution < 1.29 is 4.79 Å². The number of hydrogen-bond acceptors (Lipinski definition) is 5. The largest absolute Gasteiger partial charge is 0.352 e. The van der Waals surface area contributed by atoms with Gasteiger partial charge in [-0.2, -0.15) is 0 Å². The van der Waals surface area contributed by atoms with Crippen molar-refractivity contribution in [2.45, 2.75) is 44.6 Å². The van der Waals surface area contributed by atoms with Crippen molar-refractivity contribution in [3.8, 4) is 0 Å². The highest BCUT2D eigenvalue weighted by Gasteiger charge is 2.35. The fourth-order valence-corrected chi connectivity index (χ4v) is 3.96. The van der Waals surface area contributed by atoms with E-state index in [-0.39, 0.29) is 12.5 Å². The molecule has 2 heterocycles. The van der Waals surface area contributed by atoms with Crippen LogP contribution in [0.3, 0.4) is 0 Å². The van der Waals surface area contributed by atoms with Crippen LogP contribution in [-0.2, 0) is 4.79 Å². The van der Waals surface area contributed by atoms with Gasteiger partial charge in [0.25, 0.3) is 0 Å². The Hall–Kier alpha value is -2.18. The van der Waals surface area contributed by atoms with Gasteiger partial charge in [0.05, 0.1) is 12.9 Å². The van der Waals surface area contributed by atoms with Gasteiger partial charge in [-0.3, -0.25) is 4.79 Å². The molecule has 0 aromatic carbocycles. The molecule has 0 unspecified atom stereocenters. The maximum absolute atomic E-state index is 12.4. The summed E-state index contributed by atoms with van der Waals surface area (Å²) >= 11 is 0. The number of imidazole rings is 1. The number of aromatic nitrogens is 4. The number of H-pyrrole nitrogens is 1. The third-order valence-corrected chi connectivity index (χ3v) is 5.31. The standard InChI is InChI=1S/C17H24N6O/c1-23(17-15-16(19-9-18-15)20-10-21-17)8-14(24)22-13-4-2-3-12(7-13)11-5-6-11/h9-13H,2-8H2,1H3,(H,22,24)(H,18,19,20,21)/t12-,13-/m1/s1. The van der Waals surface area contributed by atoms with Gasteiger partial charge in [0, 0.05) is 13.1 Å². The minimum atomic E-state index is 0.0604. The van der Waals surface area contributed by atoms with E-state index < -0.39 is 0 Å². The van der Waals surface area contributed by atoms with E-state index in [0.717, 1.165) is 30.2 Å². The maximum atomic E-state index is 12.4. The lowest BCUT2D eigenvalue weighted by atomic mass is 9.83. The number of fused-ring (bicyclic) bond motifs is 1. The number of nitrogens with one attached hydrogen (secondary N) is 2. The van der Waals surface area contributed by atoms with Gasteiger partial charge in [-0.1, -0.05) is 12.8 Å². The molecule has 7 nitrogen and oxygen atoms in total. The highest BCUT2D eigenvalue weighted by atomic mass is 16.2. The molecule has 2 N–H and O–H groups in total. The van der Waals surface area contributed by atoms with E-state index in [4.69, 9.17) is 0 Å². The average Bonchev–Trinajstić information content (AvgIpc) is 3.31. The summed E-state index contributed by atoms with van der Waals surface area (Å²) in [5.74, 6) is 2.52. The number of rotatable bonds is 5. The van der Waals surface area contributed by atoms with Crippen molar-refractivity contribution in [3.63, 3.8) is 0 Å². The Morgan fingerprint density at radius 1 is 1.25 bits per heavy atom. The molecular formula is C17H24N6O. The van der Waals surface area contributed by atoms with Crippen LogP contribution in [0.1, 0.15) is 38.5 Å². The number of likely N-dealkylation sites (N-methyl/N-ethyl adjacent to an activating group) is 1. The summed E-state index contributed by atoms with van der Waals surface area (Å²) in [5, 5.41) is 3.22. The van der Waals surface area contributed by atoms with Crippen LogP contribution in [-0.4, -0.2) is 45.5 Å². The lowest BCUT2D eigenvalue weighted by Crippen LogP contribution is -2.43. The monoisotopic (exact) mass is 328 g/mol. The summed E-state index contributed by atoms with van der Waals surface area (Å²) in [5.41, 5.74) is 1.38. The van der Waals surface area contributed by atoms with Crippen LogP contribution >= 0.6 is 0 Å². The van der Waals surface area contributed by atoms with Gasteiger partial charge in [-0.15, -0.1) is 0 Å². The SMILES string of the molecule is CN(CC(=O)N[C@@H]1CCC[C@@H](C2CC2)C1)c1ncnc2nc[nH]c12. The molecule has 0 aliphatic heterocycles. The van der Waals surface area contributed by atoms with Gasteiger partial charge in [-0.25, -0.2) is 15.0 Å². The molecule has 0 saturated heterocycles. The first-order valence-electron chi connectivity index (χ1n) is 8.85. The van der Waals surface area contributed by atoms with Crippen molar-refractivity contribution >= 4 is 22.9 Å². The van der Waals surface area contributed by atoms with E-state index >= 15 is 0 Å². The van der Waals surface area contributed by atoms with Crippen LogP contribution in [0.15, 0.2) is 12.7 Å². The molecule has 2 aliphatic rings. The Morgan fingerprint density at radius 3 is 2.96 bits per heavy atom. The Kier molecular flexibility index (Phi) is 4.08. The normalized spacial score (nSPS) is 24.0. The lowest BCUT2D eigenvalue weighted by Gasteiger charge is -2.30. The van der Waals surface area contributed by atoms with Crippen molar-refractivity contribution in [2.24, 2.45) is 11.8 Å². The van der Waals surface area contributed by atoms with E-state index in [1.54, 1.807) is 6.33 Å². The van der Waals surface area contributed by atoms with Gasteiger partial charge in [0.2, 0.25) is 5.91 Å². The number of carbonyl (C=O) groups excluding carboxylic acids is 1. The number of carbonyl (C=O) groups is 1. The molecular weight excluding hydrogens is 304 g/mol. The smallest absolute Gasteiger partial charge is 0.239 e. The van der Waals surface area contributed by atoms with Crippen molar-refractivity contribution in [1.29, 1.82) is 0 Å². The van der Waals surface area contributed by atoms with Gasteiger partial charge >= 0.3 is 0 Å². The third kappa shape index (κ3) is 3.20. The second kappa shape index (κ2) is 6.37. The molecule has 4 rings (SSSR count). The highest BCUT2D eigenvalue weighted by Crippen LogP contribution is 2.43. The molecule has 128 valence electrons. The summed E-state index contributed by atoms with van der Waals surface area (Å²) < 4.78 is 0. The molecule has 7 heteroatoms. The Labute approximate surface area is 141 Å². The van der Waals surface area contributed by atoms with Gasteiger partial charge < -0.3 is 15.2 Å². The first-order valence-corrected chi connectivity index (χ1v) is 8.85. The summed E-state index contributed by atoms with van der Waals surface area (Å²) in [6.45, 7) is 0.287. The topological polar surface area (TPSA) is 86.8 Å². The van der Waals surface area contributed by atoms with Gasteiger partial charge in [0.15, 0.2) is 11.5 Å². The summed E-state index contributed by atoms with van der Waals surface area (Å²) in [4.78, 5) is 29.8.